The van der Waals surface area contributed by atoms with Gasteiger partial charge in [-0.3, -0.25) is 4.99 Å². The topological polar surface area (TPSA) is 53.7 Å². The van der Waals surface area contributed by atoms with Crippen LogP contribution in [0, 0.1) is 0 Å². The molecule has 4 rings (SSSR count). The lowest BCUT2D eigenvalue weighted by molar-refractivity contribution is 0.534. The van der Waals surface area contributed by atoms with Crippen molar-refractivity contribution in [1.29, 1.82) is 0 Å². The lowest BCUT2D eigenvalue weighted by Crippen LogP contribution is -2.35. The number of halogens is 1. The van der Waals surface area contributed by atoms with E-state index in [1.807, 2.05) is 42.8 Å². The Morgan fingerprint density at radius 2 is 2.22 bits per heavy atom. The summed E-state index contributed by atoms with van der Waals surface area (Å²) in [5, 5.41) is 7.50. The maximum atomic E-state index is 5.85. The van der Waals surface area contributed by atoms with Crippen LogP contribution in [0.4, 0.5) is 0 Å². The molecule has 0 unspecified atom stereocenters. The van der Waals surface area contributed by atoms with Gasteiger partial charge in [0.1, 0.15) is 16.3 Å². The molecule has 1 aromatic carbocycles. The van der Waals surface area contributed by atoms with Crippen molar-refractivity contribution in [3.05, 3.63) is 40.7 Å². The first-order valence-corrected chi connectivity index (χ1v) is 8.10. The van der Waals surface area contributed by atoms with Crippen molar-refractivity contribution < 1.29 is 4.42 Å². The number of guanidine groups is 1. The second-order valence-corrected chi connectivity index (χ2v) is 6.20. The fraction of sp³-hybridized carbons (Fsp3) is 0.250. The first-order chi connectivity index (χ1) is 10.8. The number of para-hydroxylation sites is 1. The number of thiazole rings is 1. The number of fused-ring (bicyclic) bond motifs is 1. The van der Waals surface area contributed by atoms with Crippen LogP contribution in [0.3, 0.4) is 0 Å². The molecule has 7 heteroatoms. The molecule has 1 aliphatic rings. The van der Waals surface area contributed by atoms with Crippen LogP contribution in [0.15, 0.2) is 45.1 Å². The maximum absolute atomic E-state index is 5.85. The Morgan fingerprint density at radius 3 is 3.00 bits per heavy atom. The van der Waals surface area contributed by atoms with Gasteiger partial charge in [-0.2, -0.15) is 0 Å². The van der Waals surface area contributed by atoms with Gasteiger partial charge in [-0.15, -0.1) is 35.3 Å². The standard InChI is InChI=1S/C16H16N4OS.HI/c1-20-7-6-17-16(20)18-9-15-19-12(10-22-15)14-8-11-4-2-3-5-13(11)21-14;/h2-5,8,10H,6-7,9H2,1H3,(H,17,18);1H. The molecule has 2 aromatic heterocycles. The Balaban J connectivity index is 0.00000156. The summed E-state index contributed by atoms with van der Waals surface area (Å²) in [4.78, 5) is 11.2. The Morgan fingerprint density at radius 1 is 1.35 bits per heavy atom. The van der Waals surface area contributed by atoms with E-state index in [4.69, 9.17) is 4.42 Å². The minimum absolute atomic E-state index is 0. The molecule has 5 nitrogen and oxygen atoms in total. The van der Waals surface area contributed by atoms with Crippen LogP contribution >= 0.6 is 35.3 Å². The van der Waals surface area contributed by atoms with E-state index in [9.17, 15) is 0 Å². The number of furan rings is 1. The molecule has 23 heavy (non-hydrogen) atoms. The predicted octanol–water partition coefficient (Wildman–Crippen LogP) is 3.57. The second kappa shape index (κ2) is 6.88. The van der Waals surface area contributed by atoms with E-state index in [1.54, 1.807) is 11.3 Å². The van der Waals surface area contributed by atoms with Gasteiger partial charge >= 0.3 is 0 Å². The van der Waals surface area contributed by atoms with Gasteiger partial charge in [0.25, 0.3) is 0 Å². The lowest BCUT2D eigenvalue weighted by Gasteiger charge is -2.14. The fourth-order valence-electron chi connectivity index (χ4n) is 2.49. The maximum Gasteiger partial charge on any atom is 0.194 e. The normalized spacial score (nSPS) is 14.0. The van der Waals surface area contributed by atoms with E-state index in [1.165, 1.54) is 0 Å². The number of hydrogen-bond donors (Lipinski definition) is 1. The number of nitrogens with zero attached hydrogens (tertiary/aromatic N) is 3. The van der Waals surface area contributed by atoms with E-state index < -0.39 is 0 Å². The summed E-state index contributed by atoms with van der Waals surface area (Å²) in [5.74, 6) is 1.76. The largest absolute Gasteiger partial charge is 0.454 e. The second-order valence-electron chi connectivity index (χ2n) is 5.26. The summed E-state index contributed by atoms with van der Waals surface area (Å²) < 4.78 is 5.85. The number of benzene rings is 1. The summed E-state index contributed by atoms with van der Waals surface area (Å²) >= 11 is 1.63. The molecule has 0 saturated carbocycles. The van der Waals surface area contributed by atoms with Gasteiger partial charge in [0, 0.05) is 24.4 Å². The highest BCUT2D eigenvalue weighted by Gasteiger charge is 2.13. The molecule has 0 amide bonds. The van der Waals surface area contributed by atoms with E-state index >= 15 is 0 Å². The van der Waals surface area contributed by atoms with Crippen molar-refractivity contribution in [3.63, 3.8) is 0 Å². The smallest absolute Gasteiger partial charge is 0.194 e. The molecule has 120 valence electrons. The molecule has 0 fully saturated rings. The number of aliphatic imine (C=N–C) groups is 1. The third-order valence-corrected chi connectivity index (χ3v) is 4.53. The lowest BCUT2D eigenvalue weighted by atomic mass is 10.2. The molecular weight excluding hydrogens is 423 g/mol. The Hall–Kier alpha value is -1.61. The number of likely N-dealkylation sites (N-methyl/N-ethyl adjacent to an activating group) is 1. The molecule has 0 spiro atoms. The van der Waals surface area contributed by atoms with Gasteiger partial charge in [-0.25, -0.2) is 4.98 Å². The van der Waals surface area contributed by atoms with Crippen LogP contribution in [0.2, 0.25) is 0 Å². The number of rotatable bonds is 3. The highest BCUT2D eigenvalue weighted by Crippen LogP contribution is 2.28. The number of nitrogens with one attached hydrogen (secondary N) is 1. The molecule has 0 aliphatic carbocycles. The van der Waals surface area contributed by atoms with Gasteiger partial charge < -0.3 is 14.6 Å². The van der Waals surface area contributed by atoms with Crippen LogP contribution < -0.4 is 5.32 Å². The third kappa shape index (κ3) is 3.35. The average Bonchev–Trinajstić information content (AvgIpc) is 3.24. The highest BCUT2D eigenvalue weighted by atomic mass is 127. The van der Waals surface area contributed by atoms with Crippen molar-refractivity contribution in [2.75, 3.05) is 20.1 Å². The first-order valence-electron chi connectivity index (χ1n) is 7.22. The average molecular weight is 440 g/mol. The number of aromatic nitrogens is 1. The van der Waals surface area contributed by atoms with E-state index in [0.29, 0.717) is 6.54 Å². The van der Waals surface area contributed by atoms with Crippen molar-refractivity contribution in [2.24, 2.45) is 4.99 Å². The highest BCUT2D eigenvalue weighted by molar-refractivity contribution is 14.0. The zero-order valence-electron chi connectivity index (χ0n) is 12.7. The summed E-state index contributed by atoms with van der Waals surface area (Å²) in [5.41, 5.74) is 1.78. The monoisotopic (exact) mass is 440 g/mol. The quantitative estimate of drug-likeness (QED) is 0.633. The Labute approximate surface area is 155 Å². The molecule has 3 aromatic rings. The summed E-state index contributed by atoms with van der Waals surface area (Å²) in [6.07, 6.45) is 0. The van der Waals surface area contributed by atoms with Gasteiger partial charge in [0.15, 0.2) is 11.7 Å². The minimum atomic E-state index is 0. The molecular formula is C16H17IN4OS. The van der Waals surface area contributed by atoms with Gasteiger partial charge in [-0.1, -0.05) is 18.2 Å². The van der Waals surface area contributed by atoms with Crippen molar-refractivity contribution in [2.45, 2.75) is 6.54 Å². The van der Waals surface area contributed by atoms with Gasteiger partial charge in [0.05, 0.1) is 13.1 Å². The molecule has 1 N–H and O–H groups in total. The van der Waals surface area contributed by atoms with Crippen LogP contribution in [-0.2, 0) is 6.54 Å². The summed E-state index contributed by atoms with van der Waals surface area (Å²) in [7, 11) is 2.04. The van der Waals surface area contributed by atoms with Crippen molar-refractivity contribution >= 4 is 52.2 Å². The van der Waals surface area contributed by atoms with E-state index in [0.717, 1.165) is 46.5 Å². The fourth-order valence-corrected chi connectivity index (χ4v) is 3.21. The third-order valence-electron chi connectivity index (χ3n) is 3.69. The molecule has 3 heterocycles. The molecule has 0 saturated heterocycles. The molecule has 0 radical (unpaired) electrons. The van der Waals surface area contributed by atoms with Gasteiger partial charge in [-0.05, 0) is 12.1 Å². The molecule has 0 atom stereocenters. The van der Waals surface area contributed by atoms with Crippen LogP contribution in [0.5, 0.6) is 0 Å². The zero-order chi connectivity index (χ0) is 14.9. The van der Waals surface area contributed by atoms with Crippen LogP contribution in [0.1, 0.15) is 5.01 Å². The molecule has 1 aliphatic heterocycles. The van der Waals surface area contributed by atoms with Crippen LogP contribution in [-0.4, -0.2) is 36.0 Å². The SMILES string of the molecule is CN1CCN=C1NCc1nc(-c2cc3ccccc3o2)cs1.I. The van der Waals surface area contributed by atoms with Crippen LogP contribution in [0.25, 0.3) is 22.4 Å². The first kappa shape index (κ1) is 16.3. The summed E-state index contributed by atoms with van der Waals surface area (Å²) in [6, 6.07) is 10.0. The number of hydrogen-bond acceptors (Lipinski definition) is 6. The predicted molar refractivity (Wildman–Crippen MR) is 105 cm³/mol. The van der Waals surface area contributed by atoms with Crippen molar-refractivity contribution in [3.8, 4) is 11.5 Å². The Bertz CT molecular complexity index is 808. The summed E-state index contributed by atoms with van der Waals surface area (Å²) in [6.45, 7) is 2.53. The molecule has 0 bridgehead atoms. The minimum Gasteiger partial charge on any atom is -0.454 e. The Kier molecular flexibility index (Phi) is 4.86. The van der Waals surface area contributed by atoms with Gasteiger partial charge in [0.2, 0.25) is 0 Å². The van der Waals surface area contributed by atoms with E-state index in [2.05, 4.69) is 20.2 Å². The van der Waals surface area contributed by atoms with E-state index in [-0.39, 0.29) is 24.0 Å². The van der Waals surface area contributed by atoms with Crippen molar-refractivity contribution in [1.82, 2.24) is 15.2 Å². The zero-order valence-corrected chi connectivity index (χ0v) is 15.8.